The van der Waals surface area contributed by atoms with Crippen LogP contribution in [0.3, 0.4) is 0 Å². The van der Waals surface area contributed by atoms with Gasteiger partial charge in [0.25, 0.3) is 0 Å². The fourth-order valence-corrected chi connectivity index (χ4v) is 1.43. The van der Waals surface area contributed by atoms with Gasteiger partial charge in [-0.25, -0.2) is 4.98 Å². The van der Waals surface area contributed by atoms with Crippen molar-refractivity contribution in [3.05, 3.63) is 48.0 Å². The number of imidazole rings is 1. The predicted molar refractivity (Wildman–Crippen MR) is 55.4 cm³/mol. The van der Waals surface area contributed by atoms with Crippen molar-refractivity contribution in [2.75, 3.05) is 0 Å². The van der Waals surface area contributed by atoms with E-state index in [2.05, 4.69) is 4.98 Å². The summed E-state index contributed by atoms with van der Waals surface area (Å²) in [5.41, 5.74) is 1.06. The Bertz CT molecular complexity index is 434. The number of phenols is 1. The van der Waals surface area contributed by atoms with Crippen LogP contribution in [0.15, 0.2) is 36.7 Å². The molecule has 0 fully saturated rings. The number of rotatable bonds is 3. The van der Waals surface area contributed by atoms with E-state index in [0.29, 0.717) is 12.4 Å². The van der Waals surface area contributed by atoms with Gasteiger partial charge in [-0.3, -0.25) is 0 Å². The van der Waals surface area contributed by atoms with Crippen molar-refractivity contribution in [1.29, 1.82) is 0 Å². The molecule has 0 amide bonds. The Morgan fingerprint density at radius 1 is 1.20 bits per heavy atom. The molecule has 0 saturated heterocycles. The van der Waals surface area contributed by atoms with Crippen LogP contribution in [0, 0.1) is 0 Å². The van der Waals surface area contributed by atoms with Crippen molar-refractivity contribution in [1.82, 2.24) is 9.55 Å². The third-order valence-electron chi connectivity index (χ3n) is 2.23. The quantitative estimate of drug-likeness (QED) is 0.788. The van der Waals surface area contributed by atoms with E-state index in [9.17, 15) is 0 Å². The Morgan fingerprint density at radius 3 is 2.60 bits per heavy atom. The summed E-state index contributed by atoms with van der Waals surface area (Å²) in [5, 5.41) is 18.1. The predicted octanol–water partition coefficient (Wildman–Crippen LogP) is 1.13. The molecule has 0 aliphatic heterocycles. The lowest BCUT2D eigenvalue weighted by Crippen LogP contribution is -2.03. The Morgan fingerprint density at radius 2 is 1.93 bits per heavy atom. The van der Waals surface area contributed by atoms with Gasteiger partial charge in [0.15, 0.2) is 0 Å². The largest absolute Gasteiger partial charge is 0.508 e. The minimum atomic E-state index is -0.0644. The van der Waals surface area contributed by atoms with Gasteiger partial charge >= 0.3 is 0 Å². The zero-order chi connectivity index (χ0) is 10.7. The number of benzene rings is 1. The highest BCUT2D eigenvalue weighted by molar-refractivity contribution is 5.26. The molecule has 2 rings (SSSR count). The summed E-state index contributed by atoms with van der Waals surface area (Å²) in [7, 11) is 0. The fourth-order valence-electron chi connectivity index (χ4n) is 1.43. The Balaban J connectivity index is 2.18. The molecule has 0 unspecified atom stereocenters. The van der Waals surface area contributed by atoms with E-state index < -0.39 is 0 Å². The van der Waals surface area contributed by atoms with Gasteiger partial charge in [0.2, 0.25) is 0 Å². The summed E-state index contributed by atoms with van der Waals surface area (Å²) in [5.74, 6) is 0.898. The van der Waals surface area contributed by atoms with Crippen LogP contribution >= 0.6 is 0 Å². The first-order valence-corrected chi connectivity index (χ1v) is 4.68. The summed E-state index contributed by atoms with van der Waals surface area (Å²) >= 11 is 0. The second kappa shape index (κ2) is 4.14. The molecule has 4 heteroatoms. The first kappa shape index (κ1) is 9.73. The first-order chi connectivity index (χ1) is 7.29. The summed E-state index contributed by atoms with van der Waals surface area (Å²) < 4.78 is 1.87. The lowest BCUT2D eigenvalue weighted by molar-refractivity contribution is 0.266. The number of hydrogen-bond acceptors (Lipinski definition) is 3. The highest BCUT2D eigenvalue weighted by atomic mass is 16.3. The zero-order valence-electron chi connectivity index (χ0n) is 8.17. The molecule has 2 aromatic rings. The van der Waals surface area contributed by atoms with Crippen LogP contribution in [0.1, 0.15) is 11.4 Å². The second-order valence-corrected chi connectivity index (χ2v) is 3.30. The first-order valence-electron chi connectivity index (χ1n) is 4.68. The summed E-state index contributed by atoms with van der Waals surface area (Å²) in [6.07, 6.45) is 3.48. The molecule has 0 saturated carbocycles. The number of aromatic hydroxyl groups is 1. The molecule has 2 N–H and O–H groups in total. The third kappa shape index (κ3) is 2.16. The lowest BCUT2D eigenvalue weighted by Gasteiger charge is -2.05. The normalized spacial score (nSPS) is 10.5. The van der Waals surface area contributed by atoms with Crippen LogP contribution < -0.4 is 0 Å². The highest BCUT2D eigenvalue weighted by Crippen LogP contribution is 2.11. The number of phenolic OH excluding ortho intramolecular Hbond substituents is 1. The molecule has 0 atom stereocenters. The minimum Gasteiger partial charge on any atom is -0.508 e. The molecule has 4 nitrogen and oxygen atoms in total. The second-order valence-electron chi connectivity index (χ2n) is 3.30. The topological polar surface area (TPSA) is 58.3 Å². The van der Waals surface area contributed by atoms with E-state index in [-0.39, 0.29) is 12.4 Å². The molecule has 0 aliphatic rings. The fraction of sp³-hybridized carbons (Fsp3) is 0.182. The molecule has 0 radical (unpaired) electrons. The van der Waals surface area contributed by atoms with Gasteiger partial charge in [-0.15, -0.1) is 0 Å². The number of aliphatic hydroxyl groups is 1. The van der Waals surface area contributed by atoms with Gasteiger partial charge in [-0.2, -0.15) is 0 Å². The molecular formula is C11H12N2O2. The average Bonchev–Trinajstić information content (AvgIpc) is 2.69. The Hall–Kier alpha value is -1.81. The highest BCUT2D eigenvalue weighted by Gasteiger charge is 2.01. The van der Waals surface area contributed by atoms with E-state index in [1.165, 1.54) is 0 Å². The molecule has 1 aromatic heterocycles. The van der Waals surface area contributed by atoms with E-state index >= 15 is 0 Å². The number of hydrogen-bond donors (Lipinski definition) is 2. The van der Waals surface area contributed by atoms with Gasteiger partial charge in [-0.1, -0.05) is 12.1 Å². The smallest absolute Gasteiger partial charge is 0.134 e. The van der Waals surface area contributed by atoms with E-state index in [1.807, 2.05) is 22.9 Å². The monoisotopic (exact) mass is 204 g/mol. The van der Waals surface area contributed by atoms with Crippen molar-refractivity contribution in [3.63, 3.8) is 0 Å². The van der Waals surface area contributed by atoms with Crippen LogP contribution in [0.5, 0.6) is 5.75 Å². The van der Waals surface area contributed by atoms with Crippen LogP contribution in [0.25, 0.3) is 0 Å². The van der Waals surface area contributed by atoms with Crippen LogP contribution in [0.2, 0.25) is 0 Å². The molecule has 78 valence electrons. The maximum Gasteiger partial charge on any atom is 0.134 e. The zero-order valence-corrected chi connectivity index (χ0v) is 8.17. The van der Waals surface area contributed by atoms with Crippen molar-refractivity contribution >= 4 is 0 Å². The van der Waals surface area contributed by atoms with Crippen molar-refractivity contribution in [2.24, 2.45) is 0 Å². The Labute approximate surface area is 87.4 Å². The van der Waals surface area contributed by atoms with Gasteiger partial charge in [0.1, 0.15) is 18.2 Å². The van der Waals surface area contributed by atoms with Crippen LogP contribution in [-0.2, 0) is 13.2 Å². The van der Waals surface area contributed by atoms with Gasteiger partial charge < -0.3 is 14.8 Å². The van der Waals surface area contributed by atoms with Crippen LogP contribution in [-0.4, -0.2) is 19.8 Å². The lowest BCUT2D eigenvalue weighted by atomic mass is 10.2. The van der Waals surface area contributed by atoms with E-state index in [4.69, 9.17) is 10.2 Å². The molecule has 0 spiro atoms. The van der Waals surface area contributed by atoms with Gasteiger partial charge in [0.05, 0.1) is 0 Å². The van der Waals surface area contributed by atoms with Gasteiger partial charge in [0, 0.05) is 18.9 Å². The summed E-state index contributed by atoms with van der Waals surface area (Å²) in [6, 6.07) is 6.97. The summed E-state index contributed by atoms with van der Waals surface area (Å²) in [6.45, 7) is 0.585. The number of aliphatic hydroxyl groups excluding tert-OH is 1. The summed E-state index contributed by atoms with van der Waals surface area (Å²) in [4.78, 5) is 4.01. The number of aromatic nitrogens is 2. The van der Waals surface area contributed by atoms with Crippen LogP contribution in [0.4, 0.5) is 0 Å². The number of nitrogens with zero attached hydrogens (tertiary/aromatic N) is 2. The average molecular weight is 204 g/mol. The molecular weight excluding hydrogens is 192 g/mol. The van der Waals surface area contributed by atoms with Crippen molar-refractivity contribution in [2.45, 2.75) is 13.2 Å². The Kier molecular flexibility index (Phi) is 2.69. The minimum absolute atomic E-state index is 0.0644. The maximum absolute atomic E-state index is 9.12. The maximum atomic E-state index is 9.12. The van der Waals surface area contributed by atoms with E-state index in [0.717, 1.165) is 5.56 Å². The van der Waals surface area contributed by atoms with Crippen molar-refractivity contribution in [3.8, 4) is 5.75 Å². The molecule has 1 aromatic carbocycles. The van der Waals surface area contributed by atoms with Gasteiger partial charge in [-0.05, 0) is 17.7 Å². The molecule has 0 bridgehead atoms. The molecule has 1 heterocycles. The standard InChI is InChI=1S/C11H12N2O2/c14-8-11-12-5-6-13(11)7-9-1-3-10(15)4-2-9/h1-6,14-15H,7-8H2. The SMILES string of the molecule is OCc1nccn1Cc1ccc(O)cc1. The third-order valence-corrected chi connectivity index (χ3v) is 2.23. The van der Waals surface area contributed by atoms with Crippen molar-refractivity contribution < 1.29 is 10.2 Å². The molecule has 15 heavy (non-hydrogen) atoms. The molecule has 0 aliphatic carbocycles. The van der Waals surface area contributed by atoms with E-state index in [1.54, 1.807) is 18.3 Å².